The molecular weight excluding hydrogens is 336 g/mol. The van der Waals surface area contributed by atoms with E-state index in [1.165, 1.54) is 6.08 Å². The number of ether oxygens (including phenoxy) is 1. The Morgan fingerprint density at radius 3 is 2.78 bits per heavy atom. The molecule has 0 unspecified atom stereocenters. The zero-order chi connectivity index (χ0) is 16.9. The quantitative estimate of drug-likeness (QED) is 0.805. The predicted molar refractivity (Wildman–Crippen MR) is 89.6 cm³/mol. The van der Waals surface area contributed by atoms with Gasteiger partial charge in [0, 0.05) is 17.0 Å². The van der Waals surface area contributed by atoms with E-state index in [9.17, 15) is 13.2 Å². The standard InChI is InChI=1S/C15H16N2O4S2/c1-11-16-13(10-22-11)9-21-14-6-4-3-5-12(14)7-8-15(18)17-23(2,19)20/h3-8,10H,9H2,1-2H3,(H,17,18). The number of hydrogen-bond acceptors (Lipinski definition) is 6. The molecule has 1 heterocycles. The summed E-state index contributed by atoms with van der Waals surface area (Å²) in [6.07, 6.45) is 3.57. The molecule has 23 heavy (non-hydrogen) atoms. The zero-order valence-corrected chi connectivity index (χ0v) is 14.3. The molecule has 6 nitrogen and oxygen atoms in total. The van der Waals surface area contributed by atoms with Crippen LogP contribution >= 0.6 is 11.3 Å². The number of hydrogen-bond donors (Lipinski definition) is 1. The van der Waals surface area contributed by atoms with E-state index in [1.807, 2.05) is 23.1 Å². The predicted octanol–water partition coefficient (Wildman–Crippen LogP) is 2.12. The number of sulfonamides is 1. The largest absolute Gasteiger partial charge is 0.487 e. The van der Waals surface area contributed by atoms with E-state index >= 15 is 0 Å². The molecule has 0 aliphatic rings. The molecular formula is C15H16N2O4S2. The Balaban J connectivity index is 2.06. The van der Waals surface area contributed by atoms with Crippen molar-refractivity contribution in [1.29, 1.82) is 0 Å². The lowest BCUT2D eigenvalue weighted by Crippen LogP contribution is -2.27. The number of thiazole rings is 1. The molecule has 0 radical (unpaired) electrons. The van der Waals surface area contributed by atoms with Crippen LogP contribution in [-0.2, 0) is 21.4 Å². The number of carbonyl (C=O) groups excluding carboxylic acids is 1. The molecule has 0 saturated carbocycles. The van der Waals surface area contributed by atoms with Crippen molar-refractivity contribution in [3.63, 3.8) is 0 Å². The van der Waals surface area contributed by atoms with Crippen molar-refractivity contribution < 1.29 is 17.9 Å². The minimum absolute atomic E-state index is 0.324. The average Bonchev–Trinajstić information content (AvgIpc) is 2.87. The van der Waals surface area contributed by atoms with E-state index in [0.29, 0.717) is 17.9 Å². The van der Waals surface area contributed by atoms with E-state index in [4.69, 9.17) is 4.74 Å². The summed E-state index contributed by atoms with van der Waals surface area (Å²) >= 11 is 1.55. The van der Waals surface area contributed by atoms with Gasteiger partial charge in [0.05, 0.1) is 17.0 Å². The van der Waals surface area contributed by atoms with Crippen LogP contribution in [0.1, 0.15) is 16.3 Å². The Hall–Kier alpha value is -2.19. The molecule has 0 spiro atoms. The van der Waals surface area contributed by atoms with E-state index in [1.54, 1.807) is 29.5 Å². The number of para-hydroxylation sites is 1. The summed E-state index contributed by atoms with van der Waals surface area (Å²) in [4.78, 5) is 15.8. The second-order valence-corrected chi connectivity index (χ2v) is 7.57. The van der Waals surface area contributed by atoms with Gasteiger partial charge in [0.15, 0.2) is 0 Å². The van der Waals surface area contributed by atoms with Crippen LogP contribution in [0.15, 0.2) is 35.7 Å². The molecule has 0 aliphatic heterocycles. The summed E-state index contributed by atoms with van der Waals surface area (Å²) in [6.45, 7) is 2.25. The van der Waals surface area contributed by atoms with Gasteiger partial charge in [-0.15, -0.1) is 11.3 Å². The van der Waals surface area contributed by atoms with Crippen molar-refractivity contribution in [2.45, 2.75) is 13.5 Å². The van der Waals surface area contributed by atoms with Crippen molar-refractivity contribution in [3.05, 3.63) is 52.0 Å². The third-order valence-electron chi connectivity index (χ3n) is 2.66. The van der Waals surface area contributed by atoms with Crippen LogP contribution in [-0.4, -0.2) is 25.6 Å². The van der Waals surface area contributed by atoms with Gasteiger partial charge in [0.25, 0.3) is 5.91 Å². The first-order chi connectivity index (χ1) is 10.8. The Morgan fingerprint density at radius 1 is 1.39 bits per heavy atom. The highest BCUT2D eigenvalue weighted by molar-refractivity contribution is 7.89. The Morgan fingerprint density at radius 2 is 2.13 bits per heavy atom. The van der Waals surface area contributed by atoms with Crippen LogP contribution in [0.2, 0.25) is 0 Å². The molecule has 0 fully saturated rings. The van der Waals surface area contributed by atoms with Gasteiger partial charge >= 0.3 is 0 Å². The number of carbonyl (C=O) groups is 1. The molecule has 1 amide bonds. The van der Waals surface area contributed by atoms with E-state index in [0.717, 1.165) is 23.0 Å². The number of nitrogens with zero attached hydrogens (tertiary/aromatic N) is 1. The van der Waals surface area contributed by atoms with Crippen molar-refractivity contribution in [3.8, 4) is 5.75 Å². The lowest BCUT2D eigenvalue weighted by molar-refractivity contribution is -0.114. The van der Waals surface area contributed by atoms with Gasteiger partial charge in [-0.1, -0.05) is 18.2 Å². The molecule has 1 aromatic carbocycles. The summed E-state index contributed by atoms with van der Waals surface area (Å²) in [5, 5.41) is 2.89. The Kier molecular flexibility index (Phi) is 5.51. The number of benzene rings is 1. The van der Waals surface area contributed by atoms with Crippen LogP contribution < -0.4 is 9.46 Å². The highest BCUT2D eigenvalue weighted by Gasteiger charge is 2.06. The molecule has 0 aliphatic carbocycles. The van der Waals surface area contributed by atoms with E-state index in [-0.39, 0.29) is 0 Å². The molecule has 1 N–H and O–H groups in total. The lowest BCUT2D eigenvalue weighted by Gasteiger charge is -2.07. The first-order valence-electron chi connectivity index (χ1n) is 6.66. The van der Waals surface area contributed by atoms with Crippen molar-refractivity contribution in [2.24, 2.45) is 0 Å². The fraction of sp³-hybridized carbons (Fsp3) is 0.200. The normalized spacial score (nSPS) is 11.6. The van der Waals surface area contributed by atoms with Gasteiger partial charge in [0.1, 0.15) is 12.4 Å². The summed E-state index contributed by atoms with van der Waals surface area (Å²) < 4.78 is 29.5. The number of aryl methyl sites for hydroxylation is 1. The minimum atomic E-state index is -3.57. The van der Waals surface area contributed by atoms with Gasteiger partial charge in [-0.25, -0.2) is 18.1 Å². The second-order valence-electron chi connectivity index (χ2n) is 4.76. The third-order valence-corrected chi connectivity index (χ3v) is 4.06. The fourth-order valence-corrected chi connectivity index (χ4v) is 2.79. The molecule has 2 aromatic rings. The summed E-state index contributed by atoms with van der Waals surface area (Å²) in [5.41, 5.74) is 1.50. The molecule has 0 atom stereocenters. The Bertz CT molecular complexity index is 826. The monoisotopic (exact) mass is 352 g/mol. The van der Waals surface area contributed by atoms with Gasteiger partial charge < -0.3 is 4.74 Å². The first-order valence-corrected chi connectivity index (χ1v) is 9.43. The number of nitrogens with one attached hydrogen (secondary N) is 1. The molecule has 122 valence electrons. The minimum Gasteiger partial charge on any atom is -0.487 e. The first kappa shape index (κ1) is 17.2. The van der Waals surface area contributed by atoms with Crippen LogP contribution in [0, 0.1) is 6.92 Å². The van der Waals surface area contributed by atoms with Gasteiger partial charge in [-0.3, -0.25) is 4.79 Å². The summed E-state index contributed by atoms with van der Waals surface area (Å²) in [6, 6.07) is 7.16. The molecule has 8 heteroatoms. The van der Waals surface area contributed by atoms with E-state index < -0.39 is 15.9 Å². The lowest BCUT2D eigenvalue weighted by atomic mass is 10.2. The summed E-state index contributed by atoms with van der Waals surface area (Å²) in [5.74, 6) is -0.126. The van der Waals surface area contributed by atoms with Crippen LogP contribution in [0.25, 0.3) is 6.08 Å². The van der Waals surface area contributed by atoms with Crippen LogP contribution in [0.5, 0.6) is 5.75 Å². The fourth-order valence-electron chi connectivity index (χ4n) is 1.76. The third kappa shape index (κ3) is 5.84. The highest BCUT2D eigenvalue weighted by Crippen LogP contribution is 2.21. The molecule has 1 aromatic heterocycles. The average molecular weight is 352 g/mol. The highest BCUT2D eigenvalue weighted by atomic mass is 32.2. The zero-order valence-electron chi connectivity index (χ0n) is 12.6. The second kappa shape index (κ2) is 7.38. The topological polar surface area (TPSA) is 85.4 Å². The number of amides is 1. The van der Waals surface area contributed by atoms with Crippen LogP contribution in [0.4, 0.5) is 0 Å². The van der Waals surface area contributed by atoms with Gasteiger partial charge in [-0.2, -0.15) is 0 Å². The molecule has 0 saturated heterocycles. The van der Waals surface area contributed by atoms with Crippen molar-refractivity contribution in [2.75, 3.05) is 6.26 Å². The van der Waals surface area contributed by atoms with Crippen molar-refractivity contribution >= 4 is 33.3 Å². The maximum Gasteiger partial charge on any atom is 0.257 e. The van der Waals surface area contributed by atoms with Gasteiger partial charge in [0.2, 0.25) is 10.0 Å². The molecule has 2 rings (SSSR count). The maximum atomic E-state index is 11.5. The number of aromatic nitrogens is 1. The summed E-state index contributed by atoms with van der Waals surface area (Å²) in [7, 11) is -3.57. The van der Waals surface area contributed by atoms with Crippen molar-refractivity contribution in [1.82, 2.24) is 9.71 Å². The van der Waals surface area contributed by atoms with E-state index in [2.05, 4.69) is 4.98 Å². The Labute approximate surface area is 138 Å². The maximum absolute atomic E-state index is 11.5. The van der Waals surface area contributed by atoms with Gasteiger partial charge in [-0.05, 0) is 19.1 Å². The molecule has 0 bridgehead atoms. The SMILES string of the molecule is Cc1nc(COc2ccccc2C=CC(=O)NS(C)(=O)=O)cs1. The number of rotatable bonds is 6. The van der Waals surface area contributed by atoms with Crippen LogP contribution in [0.3, 0.4) is 0 Å². The smallest absolute Gasteiger partial charge is 0.257 e.